The minimum Gasteiger partial charge on any atom is -0.480 e. The van der Waals surface area contributed by atoms with Gasteiger partial charge in [0.2, 0.25) is 0 Å². The number of pyridine rings is 1. The smallest absolute Gasteiger partial charge is 0.325 e. The van der Waals surface area contributed by atoms with Gasteiger partial charge in [-0.15, -0.1) is 0 Å². The maximum atomic E-state index is 10.7. The Morgan fingerprint density at radius 2 is 2.44 bits per heavy atom. The summed E-state index contributed by atoms with van der Waals surface area (Å²) in [7, 11) is 0. The van der Waals surface area contributed by atoms with E-state index in [2.05, 4.69) is 10.1 Å². The normalized spacial score (nSPS) is 12.9. The highest BCUT2D eigenvalue weighted by molar-refractivity contribution is 5.75. The zero-order valence-corrected chi connectivity index (χ0v) is 8.79. The van der Waals surface area contributed by atoms with E-state index in [-0.39, 0.29) is 0 Å². The fourth-order valence-electron chi connectivity index (χ4n) is 1.43. The third-order valence-corrected chi connectivity index (χ3v) is 2.35. The predicted molar refractivity (Wildman–Crippen MR) is 56.9 cm³/mol. The molecule has 0 aliphatic rings. The van der Waals surface area contributed by atoms with Gasteiger partial charge < -0.3 is 10.8 Å². The first-order valence-electron chi connectivity index (χ1n) is 4.95. The molecule has 16 heavy (non-hydrogen) atoms. The van der Waals surface area contributed by atoms with Crippen LogP contribution in [0.4, 0.5) is 0 Å². The van der Waals surface area contributed by atoms with Crippen molar-refractivity contribution < 1.29 is 9.90 Å². The molecule has 0 aliphatic carbocycles. The van der Waals surface area contributed by atoms with E-state index in [9.17, 15) is 4.79 Å². The van der Waals surface area contributed by atoms with Gasteiger partial charge in [-0.3, -0.25) is 4.79 Å². The average molecular weight is 220 g/mol. The van der Waals surface area contributed by atoms with Crippen molar-refractivity contribution >= 4 is 11.6 Å². The molecule has 2 aromatic heterocycles. The summed E-state index contributed by atoms with van der Waals surface area (Å²) < 4.78 is 1.61. The Bertz CT molecular complexity index is 535. The van der Waals surface area contributed by atoms with Crippen LogP contribution in [0, 0.1) is 0 Å². The van der Waals surface area contributed by atoms with Crippen molar-refractivity contribution in [2.24, 2.45) is 5.73 Å². The zero-order chi connectivity index (χ0) is 11.7. The number of hydrogen-bond donors (Lipinski definition) is 2. The monoisotopic (exact) mass is 220 g/mol. The average Bonchev–Trinajstić information content (AvgIpc) is 2.69. The summed E-state index contributed by atoms with van der Waals surface area (Å²) in [5, 5.41) is 13.0. The van der Waals surface area contributed by atoms with Crippen LogP contribution < -0.4 is 5.73 Å². The van der Waals surface area contributed by atoms with Gasteiger partial charge >= 0.3 is 5.97 Å². The highest BCUT2D eigenvalue weighted by Gasteiger charge is 2.15. The molecule has 6 heteroatoms. The number of aromatic nitrogens is 3. The van der Waals surface area contributed by atoms with Crippen LogP contribution in [0.2, 0.25) is 0 Å². The topological polar surface area (TPSA) is 93.5 Å². The van der Waals surface area contributed by atoms with Crippen LogP contribution in [0.15, 0.2) is 18.3 Å². The van der Waals surface area contributed by atoms with Crippen LogP contribution in [0.5, 0.6) is 0 Å². The molecule has 0 saturated heterocycles. The van der Waals surface area contributed by atoms with Crippen LogP contribution in [0.25, 0.3) is 5.65 Å². The first-order chi connectivity index (χ1) is 7.61. The summed E-state index contributed by atoms with van der Waals surface area (Å²) in [6.07, 6.45) is 2.40. The number of hydrogen-bond acceptors (Lipinski definition) is 4. The second kappa shape index (κ2) is 3.90. The van der Waals surface area contributed by atoms with Gasteiger partial charge in [0.1, 0.15) is 6.04 Å². The Labute approximate surface area is 91.7 Å². The minimum atomic E-state index is -1.06. The highest BCUT2D eigenvalue weighted by atomic mass is 16.4. The lowest BCUT2D eigenvalue weighted by atomic mass is 10.1. The van der Waals surface area contributed by atoms with Gasteiger partial charge in [0.25, 0.3) is 0 Å². The second-order valence-corrected chi connectivity index (χ2v) is 3.46. The summed E-state index contributed by atoms with van der Waals surface area (Å²) in [4.78, 5) is 15.0. The molecular formula is C10H12N4O2. The maximum Gasteiger partial charge on any atom is 0.325 e. The lowest BCUT2D eigenvalue weighted by Gasteiger charge is -2.05. The zero-order valence-electron chi connectivity index (χ0n) is 8.79. The first-order valence-corrected chi connectivity index (χ1v) is 4.95. The van der Waals surface area contributed by atoms with Crippen molar-refractivity contribution in [3.05, 3.63) is 29.7 Å². The van der Waals surface area contributed by atoms with E-state index in [0.29, 0.717) is 11.2 Å². The Morgan fingerprint density at radius 3 is 3.06 bits per heavy atom. The van der Waals surface area contributed by atoms with Gasteiger partial charge in [-0.2, -0.15) is 5.10 Å². The van der Waals surface area contributed by atoms with E-state index in [4.69, 9.17) is 10.8 Å². The fraction of sp³-hybridized carbons (Fsp3) is 0.300. The molecule has 1 atom stereocenters. The van der Waals surface area contributed by atoms with Crippen LogP contribution in [-0.4, -0.2) is 25.7 Å². The molecule has 2 heterocycles. The lowest BCUT2D eigenvalue weighted by Crippen LogP contribution is -2.20. The molecule has 84 valence electrons. The number of carboxylic acid groups (broad SMARTS) is 1. The summed E-state index contributed by atoms with van der Waals surface area (Å²) in [5.41, 5.74) is 6.65. The molecule has 3 N–H and O–H groups in total. The number of nitrogens with two attached hydrogens (primary N) is 1. The largest absolute Gasteiger partial charge is 0.480 e. The van der Waals surface area contributed by atoms with Gasteiger partial charge in [0, 0.05) is 12.6 Å². The quantitative estimate of drug-likeness (QED) is 0.779. The van der Waals surface area contributed by atoms with Crippen LogP contribution in [-0.2, 0) is 11.2 Å². The maximum absolute atomic E-state index is 10.7. The van der Waals surface area contributed by atoms with E-state index in [1.165, 1.54) is 0 Å². The van der Waals surface area contributed by atoms with Gasteiger partial charge in [-0.25, -0.2) is 9.50 Å². The Kier molecular flexibility index (Phi) is 2.57. The molecule has 1 unspecified atom stereocenters. The van der Waals surface area contributed by atoms with Crippen LogP contribution in [0.1, 0.15) is 24.4 Å². The molecule has 0 saturated carbocycles. The number of carbonyl (C=O) groups is 1. The number of carboxylic acids is 1. The number of aryl methyl sites for hydroxylation is 1. The van der Waals surface area contributed by atoms with Crippen molar-refractivity contribution in [3.8, 4) is 0 Å². The predicted octanol–water partition coefficient (Wildman–Crippen LogP) is 0.376. The van der Waals surface area contributed by atoms with Gasteiger partial charge in [0.15, 0.2) is 11.5 Å². The van der Waals surface area contributed by atoms with Crippen molar-refractivity contribution in [1.82, 2.24) is 14.6 Å². The molecule has 0 amide bonds. The van der Waals surface area contributed by atoms with Crippen molar-refractivity contribution in [2.45, 2.75) is 19.4 Å². The number of fused-ring (bicyclic) bond motifs is 1. The van der Waals surface area contributed by atoms with Gasteiger partial charge in [0.05, 0.1) is 0 Å². The summed E-state index contributed by atoms with van der Waals surface area (Å²) in [6.45, 7) is 1.96. The Balaban J connectivity index is 2.46. The van der Waals surface area contributed by atoms with Crippen molar-refractivity contribution in [1.29, 1.82) is 0 Å². The molecule has 6 nitrogen and oxygen atoms in total. The Morgan fingerprint density at radius 1 is 1.69 bits per heavy atom. The Hall–Kier alpha value is -1.95. The molecule has 0 bridgehead atoms. The third-order valence-electron chi connectivity index (χ3n) is 2.35. The number of nitrogens with zero attached hydrogens (tertiary/aromatic N) is 3. The minimum absolute atomic E-state index is 0.523. The number of rotatable bonds is 3. The molecule has 2 rings (SSSR count). The SMILES string of the molecule is CCc1nc2cc(C(N)C(=O)O)ccn2n1. The van der Waals surface area contributed by atoms with E-state index in [0.717, 1.165) is 12.2 Å². The summed E-state index contributed by atoms with van der Waals surface area (Å²) >= 11 is 0. The van der Waals surface area contributed by atoms with Crippen molar-refractivity contribution in [2.75, 3.05) is 0 Å². The van der Waals surface area contributed by atoms with Crippen LogP contribution in [0.3, 0.4) is 0 Å². The fourth-order valence-corrected chi connectivity index (χ4v) is 1.43. The van der Waals surface area contributed by atoms with Gasteiger partial charge in [-0.1, -0.05) is 6.92 Å². The standard InChI is InChI=1S/C10H12N4O2/c1-2-7-12-8-5-6(9(11)10(15)16)3-4-14(8)13-7/h3-5,9H,2,11H2,1H3,(H,15,16). The molecule has 2 aromatic rings. The van der Waals surface area contributed by atoms with E-state index in [1.54, 1.807) is 22.8 Å². The van der Waals surface area contributed by atoms with Crippen molar-refractivity contribution in [3.63, 3.8) is 0 Å². The molecule has 0 radical (unpaired) electrons. The molecule has 0 spiro atoms. The molecule has 0 aliphatic heterocycles. The summed E-state index contributed by atoms with van der Waals surface area (Å²) in [5.74, 6) is -0.333. The van der Waals surface area contributed by atoms with Gasteiger partial charge in [-0.05, 0) is 17.7 Å². The van der Waals surface area contributed by atoms with E-state index >= 15 is 0 Å². The molecule has 0 fully saturated rings. The van der Waals surface area contributed by atoms with E-state index < -0.39 is 12.0 Å². The lowest BCUT2D eigenvalue weighted by molar-refractivity contribution is -0.138. The van der Waals surface area contributed by atoms with E-state index in [1.807, 2.05) is 6.92 Å². The van der Waals surface area contributed by atoms with Crippen LogP contribution >= 0.6 is 0 Å². The highest BCUT2D eigenvalue weighted by Crippen LogP contribution is 2.12. The summed E-state index contributed by atoms with van der Waals surface area (Å²) in [6, 6.07) is 2.26. The first kappa shape index (κ1) is 10.6. The second-order valence-electron chi connectivity index (χ2n) is 3.46. The molecular weight excluding hydrogens is 208 g/mol. The molecule has 0 aromatic carbocycles. The number of aliphatic carboxylic acids is 1. The third kappa shape index (κ3) is 1.74.